The van der Waals surface area contributed by atoms with E-state index in [0.29, 0.717) is 10.9 Å². The molecule has 1 aliphatic heterocycles. The van der Waals surface area contributed by atoms with E-state index in [9.17, 15) is 8.78 Å². The van der Waals surface area contributed by atoms with E-state index in [1.807, 2.05) is 24.3 Å². The fourth-order valence-corrected chi connectivity index (χ4v) is 2.82. The summed E-state index contributed by atoms with van der Waals surface area (Å²) in [4.78, 5) is 2.21. The van der Waals surface area contributed by atoms with Crippen molar-refractivity contribution in [3.63, 3.8) is 0 Å². The Morgan fingerprint density at radius 3 is 2.89 bits per heavy atom. The van der Waals surface area contributed by atoms with Crippen molar-refractivity contribution in [1.82, 2.24) is 5.32 Å². The van der Waals surface area contributed by atoms with Crippen LogP contribution in [0.25, 0.3) is 0 Å². The van der Waals surface area contributed by atoms with Crippen LogP contribution < -0.4 is 10.2 Å². The quantitative estimate of drug-likeness (QED) is 0.913. The average Bonchev–Trinajstić information content (AvgIpc) is 2.36. The van der Waals surface area contributed by atoms with E-state index in [1.54, 1.807) is 0 Å². The molecule has 0 saturated carbocycles. The Balaban J connectivity index is 2.01. The van der Waals surface area contributed by atoms with Crippen molar-refractivity contribution in [3.05, 3.63) is 29.3 Å². The Morgan fingerprint density at radius 2 is 2.21 bits per heavy atom. The van der Waals surface area contributed by atoms with Crippen LogP contribution in [0.15, 0.2) is 24.3 Å². The van der Waals surface area contributed by atoms with E-state index >= 15 is 0 Å². The first-order valence-electron chi connectivity index (χ1n) is 6.56. The van der Waals surface area contributed by atoms with Gasteiger partial charge in [-0.1, -0.05) is 24.6 Å². The number of hydrogen-bond acceptors (Lipinski definition) is 2. The van der Waals surface area contributed by atoms with Gasteiger partial charge >= 0.3 is 0 Å². The molecule has 1 N–H and O–H groups in total. The molecule has 0 spiro atoms. The van der Waals surface area contributed by atoms with Crippen molar-refractivity contribution in [1.29, 1.82) is 0 Å². The fraction of sp³-hybridized carbons (Fsp3) is 0.571. The topological polar surface area (TPSA) is 15.3 Å². The largest absolute Gasteiger partial charge is 0.370 e. The van der Waals surface area contributed by atoms with Gasteiger partial charge in [0.15, 0.2) is 0 Å². The second kappa shape index (κ2) is 6.53. The zero-order valence-corrected chi connectivity index (χ0v) is 11.7. The molecule has 1 aromatic carbocycles. The number of rotatable bonds is 4. The summed E-state index contributed by atoms with van der Waals surface area (Å²) in [6.45, 7) is 3.60. The van der Waals surface area contributed by atoms with Gasteiger partial charge in [-0.25, -0.2) is 8.78 Å². The Hall–Kier alpha value is -0.870. The van der Waals surface area contributed by atoms with E-state index < -0.39 is 6.43 Å². The number of alkyl halides is 2. The molecule has 1 fully saturated rings. The molecule has 2 nitrogen and oxygen atoms in total. The molecule has 0 bridgehead atoms. The molecule has 1 heterocycles. The maximum absolute atomic E-state index is 12.3. The molecular weight excluding hydrogens is 270 g/mol. The predicted molar refractivity (Wildman–Crippen MR) is 75.2 cm³/mol. The van der Waals surface area contributed by atoms with Crippen molar-refractivity contribution < 1.29 is 8.78 Å². The van der Waals surface area contributed by atoms with Crippen molar-refractivity contribution in [3.8, 4) is 0 Å². The van der Waals surface area contributed by atoms with Crippen molar-refractivity contribution in [2.45, 2.75) is 25.8 Å². The van der Waals surface area contributed by atoms with E-state index in [2.05, 4.69) is 17.1 Å². The van der Waals surface area contributed by atoms with Gasteiger partial charge in [0.1, 0.15) is 0 Å². The number of nitrogens with zero attached hydrogens (tertiary/aromatic N) is 1. The summed E-state index contributed by atoms with van der Waals surface area (Å²) in [7, 11) is 0. The Labute approximate surface area is 117 Å². The van der Waals surface area contributed by atoms with E-state index in [4.69, 9.17) is 11.6 Å². The van der Waals surface area contributed by atoms with Gasteiger partial charge in [0.2, 0.25) is 0 Å². The van der Waals surface area contributed by atoms with Crippen LogP contribution in [-0.2, 0) is 0 Å². The highest BCUT2D eigenvalue weighted by Crippen LogP contribution is 2.25. The lowest BCUT2D eigenvalue weighted by Gasteiger charge is -2.38. The smallest absolute Gasteiger partial charge is 0.250 e. The van der Waals surface area contributed by atoms with Crippen LogP contribution in [0.4, 0.5) is 14.5 Å². The van der Waals surface area contributed by atoms with Gasteiger partial charge in [-0.15, -0.1) is 0 Å². The maximum Gasteiger partial charge on any atom is 0.250 e. The molecule has 0 amide bonds. The van der Waals surface area contributed by atoms with Crippen LogP contribution in [0, 0.1) is 5.92 Å². The Kier molecular flexibility index (Phi) is 4.99. The van der Waals surface area contributed by atoms with Crippen LogP contribution in [0.1, 0.15) is 13.3 Å². The number of nitrogens with one attached hydrogen (secondary N) is 1. The van der Waals surface area contributed by atoms with Gasteiger partial charge in [0.25, 0.3) is 6.43 Å². The second-order valence-corrected chi connectivity index (χ2v) is 5.66. The maximum atomic E-state index is 12.3. The molecule has 1 saturated heterocycles. The van der Waals surface area contributed by atoms with Gasteiger partial charge < -0.3 is 10.2 Å². The Morgan fingerprint density at radius 1 is 1.42 bits per heavy atom. The molecule has 2 unspecified atom stereocenters. The van der Waals surface area contributed by atoms with Gasteiger partial charge in [-0.3, -0.25) is 0 Å². The summed E-state index contributed by atoms with van der Waals surface area (Å²) in [5, 5.41) is 3.64. The lowest BCUT2D eigenvalue weighted by Crippen LogP contribution is -2.49. The molecule has 2 atom stereocenters. The minimum absolute atomic E-state index is 0.108. The van der Waals surface area contributed by atoms with Gasteiger partial charge in [0.05, 0.1) is 6.54 Å². The minimum Gasteiger partial charge on any atom is -0.370 e. The first-order chi connectivity index (χ1) is 9.04. The lowest BCUT2D eigenvalue weighted by atomic mass is 9.95. The molecule has 19 heavy (non-hydrogen) atoms. The number of piperidine rings is 1. The molecule has 1 aromatic rings. The van der Waals surface area contributed by atoms with Gasteiger partial charge in [-0.05, 0) is 30.5 Å². The summed E-state index contributed by atoms with van der Waals surface area (Å²) >= 11 is 6.00. The molecule has 5 heteroatoms. The number of halogens is 3. The first-order valence-corrected chi connectivity index (χ1v) is 6.94. The Bertz CT molecular complexity index is 414. The predicted octanol–water partition coefficient (Wildman–Crippen LogP) is 3.41. The number of benzene rings is 1. The van der Waals surface area contributed by atoms with Crippen LogP contribution in [0.2, 0.25) is 5.02 Å². The minimum atomic E-state index is -2.29. The summed E-state index contributed by atoms with van der Waals surface area (Å²) in [5.74, 6) is 0.475. The van der Waals surface area contributed by atoms with Crippen molar-refractivity contribution >= 4 is 17.3 Å². The highest BCUT2D eigenvalue weighted by atomic mass is 35.5. The molecule has 0 aliphatic carbocycles. The standard InChI is InChI=1S/C14H19ClF2N2/c1-10-5-12(18-7-14(16)17)9-19(8-10)13-4-2-3-11(15)6-13/h2-4,6,10,12,14,18H,5,7-9H2,1H3. The van der Waals surface area contributed by atoms with E-state index in [-0.39, 0.29) is 12.6 Å². The zero-order valence-electron chi connectivity index (χ0n) is 11.0. The molecular formula is C14H19ClF2N2. The van der Waals surface area contributed by atoms with Gasteiger partial charge in [-0.2, -0.15) is 0 Å². The van der Waals surface area contributed by atoms with Gasteiger partial charge in [0, 0.05) is 29.8 Å². The summed E-state index contributed by atoms with van der Waals surface area (Å²) < 4.78 is 24.5. The highest BCUT2D eigenvalue weighted by molar-refractivity contribution is 6.30. The normalized spacial score (nSPS) is 23.9. The average molecular weight is 289 g/mol. The highest BCUT2D eigenvalue weighted by Gasteiger charge is 2.25. The van der Waals surface area contributed by atoms with Crippen molar-refractivity contribution in [2.24, 2.45) is 5.92 Å². The second-order valence-electron chi connectivity index (χ2n) is 5.22. The molecule has 2 rings (SSSR count). The zero-order chi connectivity index (χ0) is 13.8. The summed E-state index contributed by atoms with van der Waals surface area (Å²) in [6.07, 6.45) is -1.36. The SMILES string of the molecule is CC1CC(NCC(F)F)CN(c2cccc(Cl)c2)C1. The van der Waals surface area contributed by atoms with Crippen molar-refractivity contribution in [2.75, 3.05) is 24.5 Å². The third-order valence-electron chi connectivity index (χ3n) is 3.39. The third-order valence-corrected chi connectivity index (χ3v) is 3.63. The number of anilines is 1. The molecule has 0 radical (unpaired) electrons. The van der Waals surface area contributed by atoms with Crippen LogP contribution in [-0.4, -0.2) is 32.1 Å². The summed E-state index contributed by atoms with van der Waals surface area (Å²) in [6, 6.07) is 7.79. The third kappa shape index (κ3) is 4.32. The monoisotopic (exact) mass is 288 g/mol. The number of hydrogen-bond donors (Lipinski definition) is 1. The van der Waals surface area contributed by atoms with E-state index in [1.165, 1.54) is 0 Å². The molecule has 106 valence electrons. The van der Waals surface area contributed by atoms with Crippen LogP contribution >= 0.6 is 11.6 Å². The van der Waals surface area contributed by atoms with E-state index in [0.717, 1.165) is 25.2 Å². The first kappa shape index (κ1) is 14.5. The molecule has 0 aromatic heterocycles. The fourth-order valence-electron chi connectivity index (χ4n) is 2.64. The van der Waals surface area contributed by atoms with Crippen LogP contribution in [0.5, 0.6) is 0 Å². The summed E-state index contributed by atoms with van der Waals surface area (Å²) in [5.41, 5.74) is 1.06. The lowest BCUT2D eigenvalue weighted by molar-refractivity contribution is 0.138. The molecule has 1 aliphatic rings. The van der Waals surface area contributed by atoms with Crippen LogP contribution in [0.3, 0.4) is 0 Å².